The second-order valence-electron chi connectivity index (χ2n) is 7.15. The average Bonchev–Trinajstić information content (AvgIpc) is 2.70. The monoisotopic (exact) mass is 401 g/mol. The quantitative estimate of drug-likeness (QED) is 0.781. The zero-order valence-electron chi connectivity index (χ0n) is 16.1. The molecule has 0 radical (unpaired) electrons. The van der Waals surface area contributed by atoms with Crippen LogP contribution in [0.25, 0.3) is 0 Å². The van der Waals surface area contributed by atoms with Crippen LogP contribution in [-0.4, -0.2) is 29.3 Å². The highest BCUT2D eigenvalue weighted by molar-refractivity contribution is 5.85. The molecule has 3 rings (SSSR count). The Balaban J connectivity index is 0.00000280. The van der Waals surface area contributed by atoms with Crippen LogP contribution in [0.4, 0.5) is 0 Å². The molecule has 0 bridgehead atoms. The van der Waals surface area contributed by atoms with Crippen molar-refractivity contribution in [2.24, 2.45) is 11.7 Å². The van der Waals surface area contributed by atoms with Gasteiger partial charge in [-0.25, -0.2) is 0 Å². The van der Waals surface area contributed by atoms with Gasteiger partial charge in [0.15, 0.2) is 0 Å². The van der Waals surface area contributed by atoms with Crippen LogP contribution in [0.3, 0.4) is 0 Å². The maximum atomic E-state index is 13.0. The minimum atomic E-state index is -0.289. The van der Waals surface area contributed by atoms with Gasteiger partial charge in [0.1, 0.15) is 0 Å². The number of piperidine rings is 1. The lowest BCUT2D eigenvalue weighted by Crippen LogP contribution is -2.50. The first-order valence-corrected chi connectivity index (χ1v) is 9.49. The summed E-state index contributed by atoms with van der Waals surface area (Å²) in [6.45, 7) is 2.78. The number of rotatable bonds is 6. The van der Waals surface area contributed by atoms with E-state index in [2.05, 4.69) is 5.32 Å². The predicted octanol–water partition coefficient (Wildman–Crippen LogP) is 3.05. The number of carbonyl (C=O) groups is 2. The molecule has 28 heavy (non-hydrogen) atoms. The van der Waals surface area contributed by atoms with Gasteiger partial charge in [0.25, 0.3) is 0 Å². The van der Waals surface area contributed by atoms with Crippen LogP contribution in [0, 0.1) is 5.92 Å². The highest BCUT2D eigenvalue weighted by Gasteiger charge is 2.40. The summed E-state index contributed by atoms with van der Waals surface area (Å²) in [5.41, 5.74) is 7.71. The number of likely N-dealkylation sites (tertiary alicyclic amines) is 1. The van der Waals surface area contributed by atoms with Gasteiger partial charge >= 0.3 is 0 Å². The SMILES string of the molecule is C[C@@H](CN)NC(=O)C1CCC(=O)N(Cc2ccccc2)C1c1ccccc1.Cl. The molecular formula is C22H28ClN3O2. The highest BCUT2D eigenvalue weighted by Crippen LogP contribution is 2.38. The molecule has 1 saturated heterocycles. The van der Waals surface area contributed by atoms with Crippen molar-refractivity contribution in [3.8, 4) is 0 Å². The molecule has 0 aromatic heterocycles. The third-order valence-electron chi connectivity index (χ3n) is 5.12. The molecule has 2 aromatic rings. The van der Waals surface area contributed by atoms with E-state index < -0.39 is 0 Å². The molecule has 2 unspecified atom stereocenters. The van der Waals surface area contributed by atoms with Crippen molar-refractivity contribution in [1.29, 1.82) is 0 Å². The zero-order valence-corrected chi connectivity index (χ0v) is 16.9. The van der Waals surface area contributed by atoms with Gasteiger partial charge in [-0.3, -0.25) is 9.59 Å². The van der Waals surface area contributed by atoms with E-state index in [9.17, 15) is 9.59 Å². The first kappa shape index (κ1) is 21.9. The van der Waals surface area contributed by atoms with E-state index in [0.29, 0.717) is 25.9 Å². The molecule has 0 saturated carbocycles. The van der Waals surface area contributed by atoms with E-state index in [4.69, 9.17) is 5.73 Å². The van der Waals surface area contributed by atoms with Gasteiger partial charge in [-0.05, 0) is 24.5 Å². The summed E-state index contributed by atoms with van der Waals surface area (Å²) in [5, 5.41) is 3.00. The van der Waals surface area contributed by atoms with Crippen LogP contribution in [0.5, 0.6) is 0 Å². The Hall–Kier alpha value is -2.37. The first-order chi connectivity index (χ1) is 13.1. The lowest BCUT2D eigenvalue weighted by Gasteiger charge is -2.41. The molecule has 150 valence electrons. The van der Waals surface area contributed by atoms with Gasteiger partial charge in [-0.15, -0.1) is 12.4 Å². The molecule has 1 aliphatic rings. The molecule has 2 aromatic carbocycles. The summed E-state index contributed by atoms with van der Waals surface area (Å²) < 4.78 is 0. The predicted molar refractivity (Wildman–Crippen MR) is 113 cm³/mol. The highest BCUT2D eigenvalue weighted by atomic mass is 35.5. The van der Waals surface area contributed by atoms with Crippen LogP contribution in [0.15, 0.2) is 60.7 Å². The molecule has 1 fully saturated rings. The van der Waals surface area contributed by atoms with Gasteiger partial charge in [0.05, 0.1) is 12.0 Å². The summed E-state index contributed by atoms with van der Waals surface area (Å²) in [4.78, 5) is 27.6. The van der Waals surface area contributed by atoms with Gasteiger partial charge in [-0.2, -0.15) is 0 Å². The fraction of sp³-hybridized carbons (Fsp3) is 0.364. The molecule has 1 aliphatic heterocycles. The summed E-state index contributed by atoms with van der Waals surface area (Å²) >= 11 is 0. The van der Waals surface area contributed by atoms with E-state index >= 15 is 0 Å². The normalized spacial score (nSPS) is 20.2. The molecule has 3 atom stereocenters. The number of benzene rings is 2. The summed E-state index contributed by atoms with van der Waals surface area (Å²) in [7, 11) is 0. The van der Waals surface area contributed by atoms with E-state index in [-0.39, 0.29) is 42.2 Å². The Labute approximate surface area is 172 Å². The van der Waals surface area contributed by atoms with Crippen LogP contribution >= 0.6 is 12.4 Å². The Morgan fingerprint density at radius 3 is 2.36 bits per heavy atom. The van der Waals surface area contributed by atoms with E-state index in [1.54, 1.807) is 0 Å². The zero-order chi connectivity index (χ0) is 19.2. The number of nitrogens with one attached hydrogen (secondary N) is 1. The van der Waals surface area contributed by atoms with Crippen molar-refractivity contribution in [1.82, 2.24) is 10.2 Å². The molecule has 2 amide bonds. The third-order valence-corrected chi connectivity index (χ3v) is 5.12. The van der Waals surface area contributed by atoms with Crippen molar-refractivity contribution >= 4 is 24.2 Å². The first-order valence-electron chi connectivity index (χ1n) is 9.49. The van der Waals surface area contributed by atoms with Crippen molar-refractivity contribution in [3.05, 3.63) is 71.8 Å². The lowest BCUT2D eigenvalue weighted by atomic mass is 9.83. The number of hydrogen-bond donors (Lipinski definition) is 2. The number of nitrogens with two attached hydrogens (primary N) is 1. The Bertz CT molecular complexity index is 770. The van der Waals surface area contributed by atoms with Gasteiger partial charge in [0.2, 0.25) is 11.8 Å². The third kappa shape index (κ3) is 5.12. The topological polar surface area (TPSA) is 75.4 Å². The molecule has 0 spiro atoms. The number of hydrogen-bond acceptors (Lipinski definition) is 3. The van der Waals surface area contributed by atoms with E-state index in [0.717, 1.165) is 11.1 Å². The molecule has 3 N–H and O–H groups in total. The molecule has 6 heteroatoms. The standard InChI is InChI=1S/C22H27N3O2.ClH/c1-16(14-23)24-22(27)19-12-13-20(26)25(15-17-8-4-2-5-9-17)21(19)18-10-6-3-7-11-18;/h2-11,16,19,21H,12-15,23H2,1H3,(H,24,27);1H/t16-,19?,21?;/m0./s1. The Morgan fingerprint density at radius 2 is 1.75 bits per heavy atom. The molecular weight excluding hydrogens is 374 g/mol. The number of carbonyl (C=O) groups excluding carboxylic acids is 2. The number of halogens is 1. The minimum absolute atomic E-state index is 0. The lowest BCUT2D eigenvalue weighted by molar-refractivity contribution is -0.144. The summed E-state index contributed by atoms with van der Waals surface area (Å²) in [6.07, 6.45) is 0.929. The largest absolute Gasteiger partial charge is 0.352 e. The summed E-state index contributed by atoms with van der Waals surface area (Å²) in [5.74, 6) is -0.237. The maximum absolute atomic E-state index is 13.0. The average molecular weight is 402 g/mol. The summed E-state index contributed by atoms with van der Waals surface area (Å²) in [6, 6.07) is 19.4. The number of nitrogens with zero attached hydrogens (tertiary/aromatic N) is 1. The molecule has 5 nitrogen and oxygen atoms in total. The molecule has 0 aliphatic carbocycles. The van der Waals surface area contributed by atoms with Crippen LogP contribution in [0.2, 0.25) is 0 Å². The van der Waals surface area contributed by atoms with Crippen molar-refractivity contribution in [2.75, 3.05) is 6.54 Å². The smallest absolute Gasteiger partial charge is 0.225 e. The fourth-order valence-corrected chi connectivity index (χ4v) is 3.67. The maximum Gasteiger partial charge on any atom is 0.225 e. The van der Waals surface area contributed by atoms with Crippen LogP contribution in [0.1, 0.15) is 36.9 Å². The van der Waals surface area contributed by atoms with Gasteiger partial charge < -0.3 is 16.0 Å². The van der Waals surface area contributed by atoms with E-state index in [1.165, 1.54) is 0 Å². The van der Waals surface area contributed by atoms with Crippen molar-refractivity contribution in [3.63, 3.8) is 0 Å². The Morgan fingerprint density at radius 1 is 1.14 bits per heavy atom. The second-order valence-corrected chi connectivity index (χ2v) is 7.15. The fourth-order valence-electron chi connectivity index (χ4n) is 3.67. The van der Waals surface area contributed by atoms with Gasteiger partial charge in [0, 0.05) is 25.6 Å². The van der Waals surface area contributed by atoms with Crippen molar-refractivity contribution < 1.29 is 9.59 Å². The molecule has 1 heterocycles. The minimum Gasteiger partial charge on any atom is -0.352 e. The van der Waals surface area contributed by atoms with E-state index in [1.807, 2.05) is 72.5 Å². The van der Waals surface area contributed by atoms with Crippen LogP contribution in [-0.2, 0) is 16.1 Å². The Kier molecular flexibility index (Phi) is 8.03. The van der Waals surface area contributed by atoms with Crippen LogP contribution < -0.4 is 11.1 Å². The second kappa shape index (κ2) is 10.2. The van der Waals surface area contributed by atoms with Crippen molar-refractivity contribution in [2.45, 2.75) is 38.4 Å². The number of amides is 2. The van der Waals surface area contributed by atoms with Gasteiger partial charge in [-0.1, -0.05) is 60.7 Å².